The van der Waals surface area contributed by atoms with Crippen molar-refractivity contribution in [3.63, 3.8) is 0 Å². The van der Waals surface area contributed by atoms with Crippen LogP contribution in [0, 0.1) is 6.92 Å². The van der Waals surface area contributed by atoms with Gasteiger partial charge in [0.05, 0.1) is 11.4 Å². The third kappa shape index (κ3) is 6.81. The second-order valence-electron chi connectivity index (χ2n) is 8.06. The van der Waals surface area contributed by atoms with Crippen LogP contribution < -0.4 is 4.74 Å². The maximum Gasteiger partial charge on any atom is 0.303 e. The van der Waals surface area contributed by atoms with E-state index in [1.807, 2.05) is 30.3 Å². The van der Waals surface area contributed by atoms with Gasteiger partial charge in [0, 0.05) is 33.8 Å². The van der Waals surface area contributed by atoms with Crippen molar-refractivity contribution in [2.45, 2.75) is 65.3 Å². The summed E-state index contributed by atoms with van der Waals surface area (Å²) in [5, 5.41) is 4.44. The lowest BCUT2D eigenvalue weighted by atomic mass is 9.98. The minimum Gasteiger partial charge on any atom is -0.463 e. The highest BCUT2D eigenvalue weighted by atomic mass is 16.7. The normalized spacial score (nSPS) is 23.3. The van der Waals surface area contributed by atoms with Gasteiger partial charge in [0.2, 0.25) is 18.3 Å². The first-order valence-corrected chi connectivity index (χ1v) is 11.1. The van der Waals surface area contributed by atoms with Gasteiger partial charge in [-0.15, -0.1) is 0 Å². The number of rotatable bonds is 8. The third-order valence-corrected chi connectivity index (χ3v) is 4.98. The van der Waals surface area contributed by atoms with Crippen LogP contribution in [-0.4, -0.2) is 71.0 Å². The van der Waals surface area contributed by atoms with E-state index in [0.29, 0.717) is 11.4 Å². The van der Waals surface area contributed by atoms with Gasteiger partial charge in [-0.2, -0.15) is 5.10 Å². The summed E-state index contributed by atoms with van der Waals surface area (Å²) >= 11 is 0. The number of aryl methyl sites for hydroxylation is 1. The van der Waals surface area contributed by atoms with E-state index in [1.165, 1.54) is 11.6 Å². The number of hydrogen-bond donors (Lipinski definition) is 0. The summed E-state index contributed by atoms with van der Waals surface area (Å²) < 4.78 is 34.9. The smallest absolute Gasteiger partial charge is 0.303 e. The van der Waals surface area contributed by atoms with E-state index < -0.39 is 54.6 Å². The molecule has 0 aliphatic carbocycles. The molecule has 1 aromatic heterocycles. The summed E-state index contributed by atoms with van der Waals surface area (Å²) in [6.07, 6.45) is -6.42. The van der Waals surface area contributed by atoms with Gasteiger partial charge >= 0.3 is 23.9 Å². The maximum absolute atomic E-state index is 12.0. The Morgan fingerprint density at radius 1 is 0.861 bits per heavy atom. The molecule has 2 heterocycles. The fourth-order valence-corrected chi connectivity index (χ4v) is 3.72. The molecule has 0 saturated carbocycles. The van der Waals surface area contributed by atoms with Crippen LogP contribution in [0.4, 0.5) is 0 Å². The van der Waals surface area contributed by atoms with Gasteiger partial charge in [0.1, 0.15) is 12.7 Å². The van der Waals surface area contributed by atoms with Gasteiger partial charge in [0.25, 0.3) is 0 Å². The van der Waals surface area contributed by atoms with Crippen LogP contribution in [0.3, 0.4) is 0 Å². The van der Waals surface area contributed by atoms with E-state index in [9.17, 15) is 19.2 Å². The molecule has 1 unspecified atom stereocenters. The van der Waals surface area contributed by atoms with Gasteiger partial charge in [-0.1, -0.05) is 18.2 Å². The molecule has 36 heavy (non-hydrogen) atoms. The van der Waals surface area contributed by atoms with Crippen LogP contribution >= 0.6 is 0 Å². The number of carbonyl (C=O) groups excluding carboxylic acids is 4. The number of ether oxygens (including phenoxy) is 6. The molecule has 0 radical (unpaired) electrons. The van der Waals surface area contributed by atoms with Crippen molar-refractivity contribution in [1.82, 2.24) is 9.78 Å². The molecule has 1 aliphatic rings. The van der Waals surface area contributed by atoms with Crippen molar-refractivity contribution in [2.75, 3.05) is 6.61 Å². The Morgan fingerprint density at radius 3 is 2.03 bits per heavy atom. The van der Waals surface area contributed by atoms with E-state index in [2.05, 4.69) is 5.10 Å². The Morgan fingerprint density at radius 2 is 1.44 bits per heavy atom. The Balaban J connectivity index is 2.03. The molecular formula is C24H28N2O10. The second kappa shape index (κ2) is 11.7. The maximum atomic E-state index is 12.0. The highest BCUT2D eigenvalue weighted by Crippen LogP contribution is 2.32. The average molecular weight is 504 g/mol. The molecule has 1 aliphatic heterocycles. The number of carbonyl (C=O) groups is 4. The van der Waals surface area contributed by atoms with Gasteiger partial charge in [0.15, 0.2) is 12.2 Å². The Bertz CT molecular complexity index is 1100. The van der Waals surface area contributed by atoms with Crippen molar-refractivity contribution in [1.29, 1.82) is 0 Å². The van der Waals surface area contributed by atoms with Crippen molar-refractivity contribution in [2.24, 2.45) is 0 Å². The molecule has 1 aromatic carbocycles. The number of benzene rings is 1. The molecule has 3 rings (SSSR count). The van der Waals surface area contributed by atoms with Crippen LogP contribution in [0.2, 0.25) is 0 Å². The van der Waals surface area contributed by atoms with Crippen LogP contribution in [0.15, 0.2) is 36.4 Å². The van der Waals surface area contributed by atoms with Gasteiger partial charge in [-0.3, -0.25) is 19.2 Å². The summed E-state index contributed by atoms with van der Waals surface area (Å²) in [4.78, 5) is 47.3. The molecule has 2 aromatic rings. The minimum absolute atomic E-state index is 0.236. The lowest BCUT2D eigenvalue weighted by Crippen LogP contribution is -2.63. The lowest BCUT2D eigenvalue weighted by Gasteiger charge is -2.43. The Hall–Kier alpha value is -3.93. The Labute approximate surface area is 207 Å². The van der Waals surface area contributed by atoms with Crippen LogP contribution in [-0.2, 0) is 42.9 Å². The van der Waals surface area contributed by atoms with E-state index in [4.69, 9.17) is 28.4 Å². The minimum atomic E-state index is -1.36. The quantitative estimate of drug-likeness (QED) is 0.382. The molecule has 12 nitrogen and oxygen atoms in total. The predicted octanol–water partition coefficient (Wildman–Crippen LogP) is 1.64. The highest BCUT2D eigenvalue weighted by Gasteiger charge is 2.53. The zero-order valence-electron chi connectivity index (χ0n) is 20.5. The summed E-state index contributed by atoms with van der Waals surface area (Å²) in [6.45, 7) is 6.07. The van der Waals surface area contributed by atoms with E-state index in [0.717, 1.165) is 20.8 Å². The monoisotopic (exact) mass is 504 g/mol. The van der Waals surface area contributed by atoms with Gasteiger partial charge in [-0.05, 0) is 19.1 Å². The second-order valence-corrected chi connectivity index (χ2v) is 8.06. The first kappa shape index (κ1) is 26.7. The molecule has 1 fully saturated rings. The lowest BCUT2D eigenvalue weighted by molar-refractivity contribution is -0.289. The summed E-state index contributed by atoms with van der Waals surface area (Å²) in [7, 11) is 0. The zero-order chi connectivity index (χ0) is 26.4. The van der Waals surface area contributed by atoms with Crippen LogP contribution in [0.25, 0.3) is 5.69 Å². The molecule has 0 bridgehead atoms. The van der Waals surface area contributed by atoms with E-state index in [1.54, 1.807) is 13.0 Å². The van der Waals surface area contributed by atoms with E-state index in [-0.39, 0.29) is 12.5 Å². The molecule has 12 heteroatoms. The number of esters is 4. The SMILES string of the molecule is CC(=O)OC[C@H]1OC(Oc2cc(C)nn2-c2ccccc2)[C@H](OC(C)=O)[C@@H](OC(C)=O)[C@H]1OC(C)=O. The van der Waals surface area contributed by atoms with Crippen molar-refractivity contribution in [3.05, 3.63) is 42.1 Å². The number of para-hydroxylation sites is 1. The molecule has 0 N–H and O–H groups in total. The standard InChI is InChI=1S/C24H28N2O10/c1-13-11-20(26(25-13)18-9-7-6-8-10-18)36-24-23(34-17(5)30)22(33-16(4)29)21(32-15(3)28)19(35-24)12-31-14(2)27/h6-11,19,21-24H,12H2,1-5H3/t19-,21+,22+,23-,24?/m1/s1. The molecule has 1 saturated heterocycles. The fourth-order valence-electron chi connectivity index (χ4n) is 3.72. The first-order chi connectivity index (χ1) is 17.0. The molecule has 194 valence electrons. The Kier molecular flexibility index (Phi) is 8.64. The number of aromatic nitrogens is 2. The number of hydrogen-bond acceptors (Lipinski definition) is 11. The van der Waals surface area contributed by atoms with Gasteiger partial charge in [-0.25, -0.2) is 4.68 Å². The highest BCUT2D eigenvalue weighted by molar-refractivity contribution is 5.68. The number of nitrogens with zero attached hydrogens (tertiary/aromatic N) is 2. The fraction of sp³-hybridized carbons (Fsp3) is 0.458. The predicted molar refractivity (Wildman–Crippen MR) is 121 cm³/mol. The molecule has 5 atom stereocenters. The molecule has 0 spiro atoms. The van der Waals surface area contributed by atoms with Crippen molar-refractivity contribution < 1.29 is 47.6 Å². The van der Waals surface area contributed by atoms with Gasteiger partial charge < -0.3 is 28.4 Å². The van der Waals surface area contributed by atoms with Crippen molar-refractivity contribution >= 4 is 23.9 Å². The molecule has 0 amide bonds. The molecular weight excluding hydrogens is 476 g/mol. The summed E-state index contributed by atoms with van der Waals surface area (Å²) in [5.74, 6) is -2.54. The first-order valence-electron chi connectivity index (χ1n) is 11.1. The summed E-state index contributed by atoms with van der Waals surface area (Å²) in [5.41, 5.74) is 1.31. The van der Waals surface area contributed by atoms with E-state index >= 15 is 0 Å². The zero-order valence-corrected chi connectivity index (χ0v) is 20.5. The summed E-state index contributed by atoms with van der Waals surface area (Å²) in [6, 6.07) is 10.8. The largest absolute Gasteiger partial charge is 0.463 e. The van der Waals surface area contributed by atoms with Crippen LogP contribution in [0.1, 0.15) is 33.4 Å². The average Bonchev–Trinajstić information content (AvgIpc) is 3.16. The third-order valence-electron chi connectivity index (χ3n) is 4.98. The van der Waals surface area contributed by atoms with Crippen molar-refractivity contribution in [3.8, 4) is 11.6 Å². The van der Waals surface area contributed by atoms with Crippen LogP contribution in [0.5, 0.6) is 5.88 Å². The topological polar surface area (TPSA) is 141 Å².